The molecule has 0 saturated heterocycles. The number of hydrogen-bond acceptors (Lipinski definition) is 4. The second-order valence-electron chi connectivity index (χ2n) is 4.78. The highest BCUT2D eigenvalue weighted by Crippen LogP contribution is 2.13. The molecule has 5 nitrogen and oxygen atoms in total. The minimum atomic E-state index is 0.0369. The summed E-state index contributed by atoms with van der Waals surface area (Å²) < 4.78 is 0. The number of amidine groups is 1. The molecule has 0 fully saturated rings. The van der Waals surface area contributed by atoms with Crippen LogP contribution in [0.3, 0.4) is 0 Å². The molecule has 0 aliphatic carbocycles. The van der Waals surface area contributed by atoms with Gasteiger partial charge in [0.1, 0.15) is 5.69 Å². The van der Waals surface area contributed by atoms with Crippen LogP contribution in [0, 0.1) is 5.92 Å². The number of nitrogens with one attached hydrogen (secondary N) is 1. The summed E-state index contributed by atoms with van der Waals surface area (Å²) in [6.45, 7) is 7.40. The van der Waals surface area contributed by atoms with Crippen molar-refractivity contribution >= 4 is 5.84 Å². The summed E-state index contributed by atoms with van der Waals surface area (Å²) >= 11 is 0. The maximum Gasteiger partial charge on any atom is 0.188 e. The van der Waals surface area contributed by atoms with Gasteiger partial charge in [-0.05, 0) is 30.5 Å². The molecule has 19 heavy (non-hydrogen) atoms. The minimum absolute atomic E-state index is 0.0369. The standard InChI is InChI=1S/C14H24N4O/c1-4-12(5-2)10(3)17-9-11-6-7-16-13(8-11)14(15)18-19/h6-8,10,12,17,19H,4-5,9H2,1-3H3,(H2,15,18). The van der Waals surface area contributed by atoms with E-state index in [-0.39, 0.29) is 5.84 Å². The first kappa shape index (κ1) is 15.4. The lowest BCUT2D eigenvalue weighted by Gasteiger charge is -2.22. The lowest BCUT2D eigenvalue weighted by molar-refractivity contribution is 0.318. The summed E-state index contributed by atoms with van der Waals surface area (Å²) in [5.41, 5.74) is 7.10. The van der Waals surface area contributed by atoms with Crippen LogP contribution >= 0.6 is 0 Å². The molecule has 1 rings (SSSR count). The molecule has 1 aromatic rings. The van der Waals surface area contributed by atoms with E-state index in [0.29, 0.717) is 17.7 Å². The highest BCUT2D eigenvalue weighted by Gasteiger charge is 2.12. The summed E-state index contributed by atoms with van der Waals surface area (Å²) in [5, 5.41) is 15.1. The number of rotatable bonds is 7. The number of hydrogen-bond donors (Lipinski definition) is 3. The van der Waals surface area contributed by atoms with Crippen molar-refractivity contribution in [3.8, 4) is 0 Å². The summed E-state index contributed by atoms with van der Waals surface area (Å²) in [5.74, 6) is 0.722. The van der Waals surface area contributed by atoms with Gasteiger partial charge in [-0.15, -0.1) is 0 Å². The van der Waals surface area contributed by atoms with E-state index in [0.717, 1.165) is 12.1 Å². The van der Waals surface area contributed by atoms with Gasteiger partial charge in [0.2, 0.25) is 0 Å². The van der Waals surface area contributed by atoms with Gasteiger partial charge in [0.05, 0.1) is 0 Å². The molecule has 4 N–H and O–H groups in total. The minimum Gasteiger partial charge on any atom is -0.409 e. The molecule has 0 aromatic carbocycles. The maximum absolute atomic E-state index is 8.64. The summed E-state index contributed by atoms with van der Waals surface area (Å²) in [4.78, 5) is 4.06. The second-order valence-corrected chi connectivity index (χ2v) is 4.78. The van der Waals surface area contributed by atoms with Gasteiger partial charge in [-0.25, -0.2) is 0 Å². The van der Waals surface area contributed by atoms with Crippen molar-refractivity contribution in [3.05, 3.63) is 29.6 Å². The molecule has 1 atom stereocenters. The Morgan fingerprint density at radius 1 is 1.47 bits per heavy atom. The zero-order valence-corrected chi connectivity index (χ0v) is 11.9. The van der Waals surface area contributed by atoms with E-state index in [1.54, 1.807) is 6.20 Å². The fourth-order valence-electron chi connectivity index (χ4n) is 2.22. The van der Waals surface area contributed by atoms with Gasteiger partial charge in [-0.3, -0.25) is 4.98 Å². The van der Waals surface area contributed by atoms with E-state index in [1.165, 1.54) is 12.8 Å². The predicted molar refractivity (Wildman–Crippen MR) is 77.1 cm³/mol. The van der Waals surface area contributed by atoms with Crippen molar-refractivity contribution in [2.75, 3.05) is 0 Å². The van der Waals surface area contributed by atoms with Crippen LogP contribution in [-0.4, -0.2) is 22.1 Å². The van der Waals surface area contributed by atoms with Gasteiger partial charge in [-0.1, -0.05) is 31.8 Å². The molecule has 5 heteroatoms. The summed E-state index contributed by atoms with van der Waals surface area (Å²) in [6, 6.07) is 4.23. The Kier molecular flexibility index (Phi) is 6.29. The van der Waals surface area contributed by atoms with Gasteiger partial charge >= 0.3 is 0 Å². The molecule has 0 spiro atoms. The number of nitrogens with two attached hydrogens (primary N) is 1. The smallest absolute Gasteiger partial charge is 0.188 e. The summed E-state index contributed by atoms with van der Waals surface area (Å²) in [7, 11) is 0. The van der Waals surface area contributed by atoms with Gasteiger partial charge in [-0.2, -0.15) is 0 Å². The first-order valence-corrected chi connectivity index (χ1v) is 6.78. The molecule has 106 valence electrons. The topological polar surface area (TPSA) is 83.5 Å². The van der Waals surface area contributed by atoms with Crippen LogP contribution in [0.1, 0.15) is 44.9 Å². The van der Waals surface area contributed by atoms with Crippen molar-refractivity contribution in [2.45, 2.75) is 46.2 Å². The first-order chi connectivity index (χ1) is 9.12. The highest BCUT2D eigenvalue weighted by atomic mass is 16.4. The number of nitrogens with zero attached hydrogens (tertiary/aromatic N) is 2. The third kappa shape index (κ3) is 4.52. The van der Waals surface area contributed by atoms with E-state index < -0.39 is 0 Å². The molecule has 1 unspecified atom stereocenters. The zero-order valence-electron chi connectivity index (χ0n) is 11.9. The van der Waals surface area contributed by atoms with Crippen molar-refractivity contribution in [3.63, 3.8) is 0 Å². The molecule has 0 bridgehead atoms. The number of oxime groups is 1. The average molecular weight is 264 g/mol. The van der Waals surface area contributed by atoms with Crippen LogP contribution < -0.4 is 11.1 Å². The Morgan fingerprint density at radius 2 is 2.16 bits per heavy atom. The molecule has 0 saturated carbocycles. The van der Waals surface area contributed by atoms with Crippen molar-refractivity contribution < 1.29 is 5.21 Å². The molecule has 1 heterocycles. The monoisotopic (exact) mass is 264 g/mol. The summed E-state index contributed by atoms with van der Waals surface area (Å²) in [6.07, 6.45) is 4.03. The Hall–Kier alpha value is -1.62. The molecular formula is C14H24N4O. The quantitative estimate of drug-likeness (QED) is 0.305. The van der Waals surface area contributed by atoms with E-state index in [9.17, 15) is 0 Å². The van der Waals surface area contributed by atoms with Crippen LogP contribution in [0.25, 0.3) is 0 Å². The largest absolute Gasteiger partial charge is 0.409 e. The average Bonchev–Trinajstić information content (AvgIpc) is 2.45. The Bertz CT molecular complexity index is 416. The van der Waals surface area contributed by atoms with E-state index in [1.807, 2.05) is 12.1 Å². The molecule has 0 aliphatic heterocycles. The fraction of sp³-hybridized carbons (Fsp3) is 0.571. The van der Waals surface area contributed by atoms with Crippen LogP contribution in [0.15, 0.2) is 23.5 Å². The Morgan fingerprint density at radius 3 is 2.74 bits per heavy atom. The maximum atomic E-state index is 8.64. The molecule has 0 amide bonds. The van der Waals surface area contributed by atoms with E-state index in [2.05, 4.69) is 36.2 Å². The van der Waals surface area contributed by atoms with Gasteiger partial charge < -0.3 is 16.3 Å². The number of aromatic nitrogens is 1. The van der Waals surface area contributed by atoms with Crippen LogP contribution in [0.2, 0.25) is 0 Å². The van der Waals surface area contributed by atoms with Gasteiger partial charge in [0, 0.05) is 18.8 Å². The van der Waals surface area contributed by atoms with Crippen LogP contribution in [-0.2, 0) is 6.54 Å². The SMILES string of the molecule is CCC(CC)C(C)NCc1ccnc(C(N)=NO)c1. The van der Waals surface area contributed by atoms with E-state index >= 15 is 0 Å². The van der Waals surface area contributed by atoms with Crippen LogP contribution in [0.5, 0.6) is 0 Å². The fourth-order valence-corrected chi connectivity index (χ4v) is 2.22. The van der Waals surface area contributed by atoms with Crippen LogP contribution in [0.4, 0.5) is 0 Å². The highest BCUT2D eigenvalue weighted by molar-refractivity contribution is 5.95. The van der Waals surface area contributed by atoms with E-state index in [4.69, 9.17) is 10.9 Å². The normalized spacial score (nSPS) is 13.8. The van der Waals surface area contributed by atoms with Gasteiger partial charge in [0.25, 0.3) is 0 Å². The van der Waals surface area contributed by atoms with Crippen molar-refractivity contribution in [1.29, 1.82) is 0 Å². The molecular weight excluding hydrogens is 240 g/mol. The predicted octanol–water partition coefficient (Wildman–Crippen LogP) is 2.09. The van der Waals surface area contributed by atoms with Crippen molar-refractivity contribution in [1.82, 2.24) is 10.3 Å². The second kappa shape index (κ2) is 7.74. The van der Waals surface area contributed by atoms with Crippen molar-refractivity contribution in [2.24, 2.45) is 16.8 Å². The first-order valence-electron chi connectivity index (χ1n) is 6.78. The molecule has 0 aliphatic rings. The molecule has 1 aromatic heterocycles. The molecule has 0 radical (unpaired) electrons. The Balaban J connectivity index is 2.63. The zero-order chi connectivity index (χ0) is 14.3. The number of pyridine rings is 1. The lowest BCUT2D eigenvalue weighted by Crippen LogP contribution is -2.32. The Labute approximate surface area is 114 Å². The van der Waals surface area contributed by atoms with Gasteiger partial charge in [0.15, 0.2) is 5.84 Å². The third-order valence-corrected chi connectivity index (χ3v) is 3.58. The lowest BCUT2D eigenvalue weighted by atomic mass is 9.95. The third-order valence-electron chi connectivity index (χ3n) is 3.58.